The van der Waals surface area contributed by atoms with Gasteiger partial charge in [-0.05, 0) is 29.8 Å². The summed E-state index contributed by atoms with van der Waals surface area (Å²) in [7, 11) is -1.71. The zero-order chi connectivity index (χ0) is 21.1. The molecular formula is C20H22N4O5S. The number of rotatable bonds is 8. The summed E-state index contributed by atoms with van der Waals surface area (Å²) in [5, 5.41) is 3.92. The van der Waals surface area contributed by atoms with Gasteiger partial charge in [-0.3, -0.25) is 4.90 Å². The van der Waals surface area contributed by atoms with Crippen LogP contribution in [-0.2, 0) is 27.7 Å². The third-order valence-corrected chi connectivity index (χ3v) is 5.67. The molecule has 0 amide bonds. The highest BCUT2D eigenvalue weighted by molar-refractivity contribution is 7.90. The lowest BCUT2D eigenvalue weighted by atomic mass is 10.1. The van der Waals surface area contributed by atoms with E-state index in [4.69, 9.17) is 14.0 Å². The lowest BCUT2D eigenvalue weighted by molar-refractivity contribution is 0.00864. The fourth-order valence-corrected chi connectivity index (χ4v) is 3.71. The minimum Gasteiger partial charge on any atom is -0.488 e. The minimum atomic E-state index is -3.30. The standard InChI is InChI=1S/C20H22N4O5S/c1-27-13-18-22-19(29-23-18)12-24-10-17(11-24)28-16-6-3-14(4-7-16)15-5-8-20(21-9-15)30(2,25)26/h3-9,17H,10-13H2,1-2H3. The van der Waals surface area contributed by atoms with Gasteiger partial charge in [0.15, 0.2) is 20.7 Å². The maximum atomic E-state index is 11.5. The van der Waals surface area contributed by atoms with Crippen LogP contribution in [0.2, 0.25) is 0 Å². The molecule has 0 saturated carbocycles. The first-order valence-electron chi connectivity index (χ1n) is 9.36. The molecule has 0 radical (unpaired) electrons. The molecule has 10 heteroatoms. The van der Waals surface area contributed by atoms with E-state index >= 15 is 0 Å². The van der Waals surface area contributed by atoms with Crippen molar-refractivity contribution in [1.82, 2.24) is 20.0 Å². The Kier molecular flexibility index (Phi) is 5.80. The van der Waals surface area contributed by atoms with Crippen LogP contribution in [0.25, 0.3) is 11.1 Å². The average Bonchev–Trinajstić information content (AvgIpc) is 3.14. The Morgan fingerprint density at radius 3 is 2.50 bits per heavy atom. The Morgan fingerprint density at radius 1 is 1.13 bits per heavy atom. The van der Waals surface area contributed by atoms with Gasteiger partial charge in [-0.15, -0.1) is 0 Å². The summed E-state index contributed by atoms with van der Waals surface area (Å²) in [6, 6.07) is 10.9. The first-order chi connectivity index (χ1) is 14.4. The lowest BCUT2D eigenvalue weighted by Gasteiger charge is -2.38. The summed E-state index contributed by atoms with van der Waals surface area (Å²) in [5.74, 6) is 1.90. The molecule has 1 fully saturated rings. The van der Waals surface area contributed by atoms with E-state index in [-0.39, 0.29) is 11.1 Å². The quantitative estimate of drug-likeness (QED) is 0.530. The van der Waals surface area contributed by atoms with E-state index in [1.54, 1.807) is 19.4 Å². The van der Waals surface area contributed by atoms with Gasteiger partial charge in [0.25, 0.3) is 0 Å². The molecule has 1 aliphatic rings. The Morgan fingerprint density at radius 2 is 1.87 bits per heavy atom. The van der Waals surface area contributed by atoms with E-state index in [1.807, 2.05) is 24.3 Å². The first kappa shape index (κ1) is 20.5. The van der Waals surface area contributed by atoms with Crippen molar-refractivity contribution in [2.24, 2.45) is 0 Å². The van der Waals surface area contributed by atoms with Gasteiger partial charge in [0, 0.05) is 38.2 Å². The summed E-state index contributed by atoms with van der Waals surface area (Å²) < 4.78 is 39.2. The zero-order valence-corrected chi connectivity index (χ0v) is 17.5. The van der Waals surface area contributed by atoms with E-state index in [1.165, 1.54) is 6.07 Å². The Labute approximate surface area is 174 Å². The molecule has 0 spiro atoms. The van der Waals surface area contributed by atoms with Crippen molar-refractivity contribution in [1.29, 1.82) is 0 Å². The number of hydrogen-bond donors (Lipinski definition) is 0. The van der Waals surface area contributed by atoms with Crippen LogP contribution in [0.15, 0.2) is 52.1 Å². The van der Waals surface area contributed by atoms with Crippen LogP contribution in [-0.4, -0.2) is 61.0 Å². The molecule has 0 bridgehead atoms. The van der Waals surface area contributed by atoms with Gasteiger partial charge in [-0.2, -0.15) is 4.98 Å². The fourth-order valence-electron chi connectivity index (χ4n) is 3.15. The molecule has 158 valence electrons. The smallest absolute Gasteiger partial charge is 0.240 e. The van der Waals surface area contributed by atoms with Crippen molar-refractivity contribution >= 4 is 9.84 Å². The van der Waals surface area contributed by atoms with Crippen LogP contribution < -0.4 is 4.74 Å². The number of nitrogens with zero attached hydrogens (tertiary/aromatic N) is 4. The highest BCUT2D eigenvalue weighted by atomic mass is 32.2. The van der Waals surface area contributed by atoms with Crippen LogP contribution in [0.1, 0.15) is 11.7 Å². The molecule has 3 heterocycles. The molecular weight excluding hydrogens is 408 g/mol. The maximum absolute atomic E-state index is 11.5. The summed E-state index contributed by atoms with van der Waals surface area (Å²) in [6.07, 6.45) is 2.81. The van der Waals surface area contributed by atoms with Gasteiger partial charge >= 0.3 is 0 Å². The molecule has 2 aromatic heterocycles. The Hall–Kier alpha value is -2.82. The molecule has 0 unspecified atom stereocenters. The summed E-state index contributed by atoms with van der Waals surface area (Å²) in [5.41, 5.74) is 1.78. The maximum Gasteiger partial charge on any atom is 0.240 e. The lowest BCUT2D eigenvalue weighted by Crippen LogP contribution is -2.53. The number of aromatic nitrogens is 3. The van der Waals surface area contributed by atoms with Crippen molar-refractivity contribution in [3.63, 3.8) is 0 Å². The Balaban J connectivity index is 1.28. The molecule has 0 aliphatic carbocycles. The predicted octanol–water partition coefficient (Wildman–Crippen LogP) is 1.94. The summed E-state index contributed by atoms with van der Waals surface area (Å²) in [4.78, 5) is 10.5. The first-order valence-corrected chi connectivity index (χ1v) is 11.3. The summed E-state index contributed by atoms with van der Waals surface area (Å²) in [6.45, 7) is 2.48. The number of likely N-dealkylation sites (tertiary alicyclic amines) is 1. The van der Waals surface area contributed by atoms with Crippen LogP contribution >= 0.6 is 0 Å². The highest BCUT2D eigenvalue weighted by Gasteiger charge is 2.29. The SMILES string of the molecule is COCc1noc(CN2CC(Oc3ccc(-c4ccc(S(C)(=O)=O)nc4)cc3)C2)n1. The van der Waals surface area contributed by atoms with Crippen LogP contribution in [0.4, 0.5) is 0 Å². The molecule has 0 N–H and O–H groups in total. The Bertz CT molecular complexity index is 1090. The number of benzene rings is 1. The monoisotopic (exact) mass is 430 g/mol. The molecule has 1 aliphatic heterocycles. The van der Waals surface area contributed by atoms with Crippen LogP contribution in [0.3, 0.4) is 0 Å². The minimum absolute atomic E-state index is 0.0659. The van der Waals surface area contributed by atoms with Crippen molar-refractivity contribution in [3.05, 3.63) is 54.3 Å². The highest BCUT2D eigenvalue weighted by Crippen LogP contribution is 2.25. The van der Waals surface area contributed by atoms with Gasteiger partial charge < -0.3 is 14.0 Å². The van der Waals surface area contributed by atoms with Crippen molar-refractivity contribution < 1.29 is 22.4 Å². The topological polar surface area (TPSA) is 108 Å². The molecule has 30 heavy (non-hydrogen) atoms. The predicted molar refractivity (Wildman–Crippen MR) is 107 cm³/mol. The molecule has 9 nitrogen and oxygen atoms in total. The van der Waals surface area contributed by atoms with E-state index < -0.39 is 9.84 Å². The van der Waals surface area contributed by atoms with E-state index in [0.29, 0.717) is 24.9 Å². The van der Waals surface area contributed by atoms with Crippen molar-refractivity contribution in [2.75, 3.05) is 26.5 Å². The van der Waals surface area contributed by atoms with Crippen LogP contribution in [0, 0.1) is 0 Å². The van der Waals surface area contributed by atoms with Crippen molar-refractivity contribution in [3.8, 4) is 16.9 Å². The molecule has 3 aromatic rings. The van der Waals surface area contributed by atoms with Gasteiger partial charge in [0.1, 0.15) is 18.5 Å². The second kappa shape index (κ2) is 8.50. The molecule has 0 atom stereocenters. The van der Waals surface area contributed by atoms with Gasteiger partial charge in [-0.1, -0.05) is 17.3 Å². The van der Waals surface area contributed by atoms with E-state index in [2.05, 4.69) is 20.0 Å². The van der Waals surface area contributed by atoms with Gasteiger partial charge in [0.2, 0.25) is 5.89 Å². The third kappa shape index (κ3) is 4.84. The molecule has 1 saturated heterocycles. The normalized spacial score (nSPS) is 15.1. The number of methoxy groups -OCH3 is 1. The van der Waals surface area contributed by atoms with E-state index in [0.717, 1.165) is 36.2 Å². The third-order valence-electron chi connectivity index (χ3n) is 4.67. The molecule has 4 rings (SSSR count). The summed E-state index contributed by atoms with van der Waals surface area (Å²) >= 11 is 0. The van der Waals surface area contributed by atoms with Gasteiger partial charge in [0.05, 0.1) is 6.54 Å². The van der Waals surface area contributed by atoms with E-state index in [9.17, 15) is 8.42 Å². The zero-order valence-electron chi connectivity index (χ0n) is 16.7. The van der Waals surface area contributed by atoms with Gasteiger partial charge in [-0.25, -0.2) is 13.4 Å². The second-order valence-corrected chi connectivity index (χ2v) is 9.12. The molecule has 1 aromatic carbocycles. The van der Waals surface area contributed by atoms with Crippen molar-refractivity contribution in [2.45, 2.75) is 24.3 Å². The fraction of sp³-hybridized carbons (Fsp3) is 0.350. The largest absolute Gasteiger partial charge is 0.488 e. The van der Waals surface area contributed by atoms with Crippen LogP contribution in [0.5, 0.6) is 5.75 Å². The number of pyridine rings is 1. The number of ether oxygens (including phenoxy) is 2. The number of hydrogen-bond acceptors (Lipinski definition) is 9. The average molecular weight is 430 g/mol. The second-order valence-electron chi connectivity index (χ2n) is 7.15. The number of sulfone groups is 1.